The molecule has 1 aromatic carbocycles. The molecule has 2 aromatic rings. The molecule has 0 atom stereocenters. The van der Waals surface area contributed by atoms with Crippen LogP contribution in [0, 0.1) is 5.92 Å². The molecule has 4 N–H and O–H groups in total. The first-order valence-corrected chi connectivity index (χ1v) is 6.93. The lowest BCUT2D eigenvalue weighted by Crippen LogP contribution is -2.31. The second kappa shape index (κ2) is 5.50. The van der Waals surface area contributed by atoms with Crippen LogP contribution in [0.5, 0.6) is 0 Å². The summed E-state index contributed by atoms with van der Waals surface area (Å²) >= 11 is 0. The third-order valence-electron chi connectivity index (χ3n) is 3.78. The third kappa shape index (κ3) is 2.75. The maximum Gasteiger partial charge on any atom is 0.314 e. The molecule has 0 aliphatic carbocycles. The van der Waals surface area contributed by atoms with Gasteiger partial charge in [0.2, 0.25) is 0 Å². The van der Waals surface area contributed by atoms with Crippen LogP contribution >= 0.6 is 0 Å². The Morgan fingerprint density at radius 1 is 1.05 bits per heavy atom. The molecular formula is C14H18N4O2. The maximum absolute atomic E-state index is 11.3. The molecule has 0 unspecified atom stereocenters. The average Bonchev–Trinajstić information content (AvgIpc) is 2.47. The molecular weight excluding hydrogens is 256 g/mol. The van der Waals surface area contributed by atoms with Gasteiger partial charge in [0.1, 0.15) is 0 Å². The zero-order valence-electron chi connectivity index (χ0n) is 11.2. The number of hydrogen-bond acceptors (Lipinski definition) is 4. The molecule has 2 heterocycles. The van der Waals surface area contributed by atoms with E-state index in [0.717, 1.165) is 25.3 Å². The van der Waals surface area contributed by atoms with Gasteiger partial charge in [-0.05, 0) is 50.0 Å². The quantitative estimate of drug-likeness (QED) is 0.618. The lowest BCUT2D eigenvalue weighted by Gasteiger charge is -2.23. The van der Waals surface area contributed by atoms with E-state index < -0.39 is 11.1 Å². The molecule has 0 saturated carbocycles. The van der Waals surface area contributed by atoms with Gasteiger partial charge >= 0.3 is 11.1 Å². The van der Waals surface area contributed by atoms with Crippen molar-refractivity contribution in [2.45, 2.75) is 12.8 Å². The third-order valence-corrected chi connectivity index (χ3v) is 3.78. The maximum atomic E-state index is 11.3. The molecule has 20 heavy (non-hydrogen) atoms. The average molecular weight is 274 g/mol. The van der Waals surface area contributed by atoms with E-state index in [0.29, 0.717) is 17.0 Å². The van der Waals surface area contributed by atoms with E-state index in [1.165, 1.54) is 12.8 Å². The first-order chi connectivity index (χ1) is 9.72. The molecule has 0 bridgehead atoms. The van der Waals surface area contributed by atoms with Crippen molar-refractivity contribution in [3.8, 4) is 0 Å². The Labute approximate surface area is 115 Å². The molecule has 1 aliphatic heterocycles. The van der Waals surface area contributed by atoms with Crippen LogP contribution in [0.25, 0.3) is 11.0 Å². The van der Waals surface area contributed by atoms with Gasteiger partial charge in [0.05, 0.1) is 11.0 Å². The van der Waals surface area contributed by atoms with Crippen molar-refractivity contribution in [1.82, 2.24) is 15.3 Å². The summed E-state index contributed by atoms with van der Waals surface area (Å²) in [5.74, 6) is 0.682. The van der Waals surface area contributed by atoms with Gasteiger partial charge in [0.15, 0.2) is 0 Å². The summed E-state index contributed by atoms with van der Waals surface area (Å²) in [5, 5.41) is 6.75. The number of H-pyrrole nitrogens is 2. The molecule has 3 rings (SSSR count). The highest BCUT2D eigenvalue weighted by Gasteiger charge is 2.12. The summed E-state index contributed by atoms with van der Waals surface area (Å²) in [7, 11) is 0. The lowest BCUT2D eigenvalue weighted by molar-refractivity contribution is 0.390. The van der Waals surface area contributed by atoms with E-state index in [9.17, 15) is 9.59 Å². The molecule has 106 valence electrons. The Morgan fingerprint density at radius 2 is 1.75 bits per heavy atom. The van der Waals surface area contributed by atoms with E-state index in [1.807, 2.05) is 12.1 Å². The first-order valence-electron chi connectivity index (χ1n) is 6.93. The van der Waals surface area contributed by atoms with Gasteiger partial charge in [-0.3, -0.25) is 9.59 Å². The number of rotatable bonds is 3. The van der Waals surface area contributed by atoms with E-state index in [2.05, 4.69) is 20.6 Å². The van der Waals surface area contributed by atoms with E-state index in [4.69, 9.17) is 0 Å². The zero-order valence-corrected chi connectivity index (χ0v) is 11.2. The standard InChI is InChI=1S/C14H18N4O2/c19-13-14(20)18-12-7-10(1-2-11(12)17-13)16-8-9-3-5-15-6-4-9/h1-2,7,9,15-16H,3-6,8H2,(H,17,19)(H,18,20). The van der Waals surface area contributed by atoms with Crippen LogP contribution in [0.1, 0.15) is 12.8 Å². The highest BCUT2D eigenvalue weighted by Crippen LogP contribution is 2.16. The largest absolute Gasteiger partial charge is 0.385 e. The molecule has 0 spiro atoms. The van der Waals surface area contributed by atoms with Gasteiger partial charge in [0.25, 0.3) is 0 Å². The zero-order chi connectivity index (χ0) is 13.9. The number of anilines is 1. The molecule has 6 heteroatoms. The summed E-state index contributed by atoms with van der Waals surface area (Å²) in [6.45, 7) is 3.10. The van der Waals surface area contributed by atoms with Gasteiger partial charge in [-0.15, -0.1) is 0 Å². The van der Waals surface area contributed by atoms with Crippen LogP contribution in [0.15, 0.2) is 27.8 Å². The fourth-order valence-electron chi connectivity index (χ4n) is 2.57. The van der Waals surface area contributed by atoms with Crippen LogP contribution in [0.2, 0.25) is 0 Å². The molecule has 6 nitrogen and oxygen atoms in total. The predicted molar refractivity (Wildman–Crippen MR) is 79.3 cm³/mol. The fourth-order valence-corrected chi connectivity index (χ4v) is 2.57. The summed E-state index contributed by atoms with van der Waals surface area (Å²) in [6.07, 6.45) is 2.37. The Bertz CT molecular complexity index is 713. The minimum Gasteiger partial charge on any atom is -0.385 e. The molecule has 0 radical (unpaired) electrons. The molecule has 1 aliphatic rings. The normalized spacial score (nSPS) is 16.4. The van der Waals surface area contributed by atoms with Crippen LogP contribution in [-0.4, -0.2) is 29.6 Å². The Balaban J connectivity index is 1.76. The van der Waals surface area contributed by atoms with Gasteiger partial charge < -0.3 is 20.6 Å². The minimum absolute atomic E-state index is 0.618. The fraction of sp³-hybridized carbons (Fsp3) is 0.429. The second-order valence-electron chi connectivity index (χ2n) is 5.24. The molecule has 0 amide bonds. The van der Waals surface area contributed by atoms with Gasteiger partial charge in [-0.1, -0.05) is 0 Å². The Morgan fingerprint density at radius 3 is 2.50 bits per heavy atom. The van der Waals surface area contributed by atoms with Crippen LogP contribution in [-0.2, 0) is 0 Å². The van der Waals surface area contributed by atoms with Gasteiger partial charge in [-0.25, -0.2) is 0 Å². The molecule has 1 aromatic heterocycles. The number of aromatic nitrogens is 2. The summed E-state index contributed by atoms with van der Waals surface area (Å²) in [6, 6.07) is 5.57. The van der Waals surface area contributed by atoms with Crippen molar-refractivity contribution >= 4 is 16.7 Å². The van der Waals surface area contributed by atoms with Crippen molar-refractivity contribution in [3.63, 3.8) is 0 Å². The highest BCUT2D eigenvalue weighted by molar-refractivity contribution is 5.78. The predicted octanol–water partition coefficient (Wildman–Crippen LogP) is 0.628. The van der Waals surface area contributed by atoms with Crippen molar-refractivity contribution in [2.24, 2.45) is 5.92 Å². The van der Waals surface area contributed by atoms with Crippen LogP contribution in [0.4, 0.5) is 5.69 Å². The van der Waals surface area contributed by atoms with E-state index >= 15 is 0 Å². The summed E-state index contributed by atoms with van der Waals surface area (Å²) in [5.41, 5.74) is 1.01. The number of aromatic amines is 2. The van der Waals surface area contributed by atoms with Gasteiger partial charge in [-0.2, -0.15) is 0 Å². The highest BCUT2D eigenvalue weighted by atomic mass is 16.2. The number of fused-ring (bicyclic) bond motifs is 1. The summed E-state index contributed by atoms with van der Waals surface area (Å²) in [4.78, 5) is 27.7. The topological polar surface area (TPSA) is 89.8 Å². The van der Waals surface area contributed by atoms with Gasteiger partial charge in [0, 0.05) is 12.2 Å². The van der Waals surface area contributed by atoms with E-state index in [-0.39, 0.29) is 0 Å². The Hall–Kier alpha value is -2.08. The van der Waals surface area contributed by atoms with Crippen molar-refractivity contribution < 1.29 is 0 Å². The number of benzene rings is 1. The molecule has 1 fully saturated rings. The number of nitrogens with one attached hydrogen (secondary N) is 4. The van der Waals surface area contributed by atoms with Crippen LogP contribution in [0.3, 0.4) is 0 Å². The smallest absolute Gasteiger partial charge is 0.314 e. The summed E-state index contributed by atoms with van der Waals surface area (Å²) < 4.78 is 0. The van der Waals surface area contributed by atoms with Crippen LogP contribution < -0.4 is 21.8 Å². The second-order valence-corrected chi connectivity index (χ2v) is 5.24. The monoisotopic (exact) mass is 274 g/mol. The molecule has 1 saturated heterocycles. The van der Waals surface area contributed by atoms with Crippen molar-refractivity contribution in [2.75, 3.05) is 25.0 Å². The van der Waals surface area contributed by atoms with E-state index in [1.54, 1.807) is 6.07 Å². The lowest BCUT2D eigenvalue weighted by atomic mass is 9.98. The number of piperidine rings is 1. The van der Waals surface area contributed by atoms with Crippen molar-refractivity contribution in [3.05, 3.63) is 38.9 Å². The first kappa shape index (κ1) is 12.9. The SMILES string of the molecule is O=c1[nH]c2ccc(NCC3CCNCC3)cc2[nH]c1=O. The van der Waals surface area contributed by atoms with Crippen molar-refractivity contribution in [1.29, 1.82) is 0 Å². The minimum atomic E-state index is -0.618. The number of hydrogen-bond donors (Lipinski definition) is 4. The Kier molecular flexibility index (Phi) is 3.56.